The van der Waals surface area contributed by atoms with Crippen molar-refractivity contribution in [3.63, 3.8) is 0 Å². The Hall–Kier alpha value is -3.22. The molecule has 0 saturated heterocycles. The Labute approximate surface area is 187 Å². The third-order valence-electron chi connectivity index (χ3n) is 4.87. The zero-order valence-electron chi connectivity index (χ0n) is 16.7. The monoisotopic (exact) mass is 495 g/mol. The van der Waals surface area contributed by atoms with Crippen LogP contribution in [0.25, 0.3) is 10.9 Å². The minimum Gasteiger partial charge on any atom is -0.265 e. The number of aromatic nitrogens is 2. The van der Waals surface area contributed by atoms with Gasteiger partial charge in [0, 0.05) is 30.5 Å². The molecule has 0 aliphatic carbocycles. The maximum atomic E-state index is 13.8. The van der Waals surface area contributed by atoms with Crippen LogP contribution in [-0.4, -0.2) is 25.8 Å². The third kappa shape index (κ3) is 4.36. The van der Waals surface area contributed by atoms with Gasteiger partial charge in [0.1, 0.15) is 4.90 Å². The number of nitrogens with zero attached hydrogens (tertiary/aromatic N) is 2. The van der Waals surface area contributed by atoms with Crippen molar-refractivity contribution in [1.82, 2.24) is 13.7 Å². The van der Waals surface area contributed by atoms with Crippen LogP contribution >= 0.6 is 0 Å². The predicted octanol–water partition coefficient (Wildman–Crippen LogP) is 3.77. The first-order valence-corrected chi connectivity index (χ1v) is 12.3. The molecule has 1 N–H and O–H groups in total. The van der Waals surface area contributed by atoms with Crippen molar-refractivity contribution in [2.75, 3.05) is 0 Å². The number of hydrogen-bond acceptors (Lipinski definition) is 5. The molecule has 0 spiro atoms. The summed E-state index contributed by atoms with van der Waals surface area (Å²) in [6, 6.07) is 13.0. The van der Waals surface area contributed by atoms with Gasteiger partial charge in [0.15, 0.2) is 0 Å². The zero-order chi connectivity index (χ0) is 23.9. The van der Waals surface area contributed by atoms with Gasteiger partial charge < -0.3 is 0 Å². The van der Waals surface area contributed by atoms with E-state index in [4.69, 9.17) is 0 Å². The number of benzene rings is 2. The Balaban J connectivity index is 1.94. The molecule has 0 radical (unpaired) electrons. The van der Waals surface area contributed by atoms with Crippen molar-refractivity contribution in [2.24, 2.45) is 0 Å². The molecule has 2 aromatic heterocycles. The van der Waals surface area contributed by atoms with Gasteiger partial charge in [-0.15, -0.1) is 0 Å². The van der Waals surface area contributed by atoms with Gasteiger partial charge in [0.25, 0.3) is 10.0 Å². The smallest absolute Gasteiger partial charge is 0.265 e. The van der Waals surface area contributed by atoms with Crippen LogP contribution in [0, 0.1) is 0 Å². The first kappa shape index (κ1) is 23.0. The molecule has 2 aromatic carbocycles. The van der Waals surface area contributed by atoms with Gasteiger partial charge in [-0.1, -0.05) is 24.3 Å². The molecule has 0 saturated carbocycles. The van der Waals surface area contributed by atoms with Crippen LogP contribution in [-0.2, 0) is 32.8 Å². The van der Waals surface area contributed by atoms with Crippen LogP contribution in [0.4, 0.5) is 13.2 Å². The number of rotatable bonds is 6. The van der Waals surface area contributed by atoms with Crippen LogP contribution in [0.5, 0.6) is 0 Å². The number of halogens is 3. The second-order valence-corrected chi connectivity index (χ2v) is 10.5. The highest BCUT2D eigenvalue weighted by Crippen LogP contribution is 2.39. The largest absolute Gasteiger partial charge is 0.417 e. The molecule has 0 atom stereocenters. The van der Waals surface area contributed by atoms with E-state index in [0.29, 0.717) is 21.8 Å². The summed E-state index contributed by atoms with van der Waals surface area (Å²) in [5.74, 6) is 0. The van der Waals surface area contributed by atoms with E-state index >= 15 is 0 Å². The molecule has 0 unspecified atom stereocenters. The summed E-state index contributed by atoms with van der Waals surface area (Å²) in [6.45, 7) is -0.225. The molecular formula is C21H16F3N3O4S2. The van der Waals surface area contributed by atoms with E-state index in [9.17, 15) is 30.0 Å². The molecule has 172 valence electrons. The van der Waals surface area contributed by atoms with Gasteiger partial charge >= 0.3 is 6.18 Å². The minimum atomic E-state index is -4.92. The number of alkyl halides is 3. The summed E-state index contributed by atoms with van der Waals surface area (Å²) in [5.41, 5.74) is -1.14. The lowest BCUT2D eigenvalue weighted by molar-refractivity contribution is -0.136. The Morgan fingerprint density at radius 2 is 1.55 bits per heavy atom. The molecule has 7 nitrogen and oxygen atoms in total. The standard InChI is InChI=1S/C21H16F3N3O4S2/c22-21(23,24)17-7-4-8-18-20(17)19(32(28,29)26-13-15-9-11-25-12-10-15)14-27(18)33(30,31)16-5-2-1-3-6-16/h1-12,14,26H,13H2. The van der Waals surface area contributed by atoms with Crippen molar-refractivity contribution in [3.8, 4) is 0 Å². The normalized spacial score (nSPS) is 12.8. The second kappa shape index (κ2) is 8.28. The number of nitrogens with one attached hydrogen (secondary N) is 1. The molecule has 0 amide bonds. The molecule has 0 aliphatic rings. The highest BCUT2D eigenvalue weighted by Gasteiger charge is 2.37. The molecule has 2 heterocycles. The highest BCUT2D eigenvalue weighted by molar-refractivity contribution is 7.91. The summed E-state index contributed by atoms with van der Waals surface area (Å²) in [6.07, 6.45) is -1.35. The van der Waals surface area contributed by atoms with E-state index in [1.807, 2.05) is 0 Å². The van der Waals surface area contributed by atoms with Gasteiger partial charge in [0.2, 0.25) is 10.0 Å². The van der Waals surface area contributed by atoms with Crippen LogP contribution in [0.1, 0.15) is 11.1 Å². The molecule has 4 aromatic rings. The van der Waals surface area contributed by atoms with E-state index in [1.165, 1.54) is 48.8 Å². The van der Waals surface area contributed by atoms with Gasteiger partial charge in [-0.3, -0.25) is 4.98 Å². The van der Waals surface area contributed by atoms with Crippen LogP contribution in [0.2, 0.25) is 0 Å². The minimum absolute atomic E-state index is 0.201. The van der Waals surface area contributed by atoms with Gasteiger partial charge in [-0.2, -0.15) is 13.2 Å². The first-order chi connectivity index (χ1) is 15.5. The fourth-order valence-corrected chi connectivity index (χ4v) is 6.01. The number of hydrogen-bond donors (Lipinski definition) is 1. The maximum Gasteiger partial charge on any atom is 0.417 e. The molecule has 33 heavy (non-hydrogen) atoms. The van der Waals surface area contributed by atoms with E-state index in [2.05, 4.69) is 9.71 Å². The van der Waals surface area contributed by atoms with E-state index in [-0.39, 0.29) is 11.4 Å². The number of pyridine rings is 1. The summed E-state index contributed by atoms with van der Waals surface area (Å²) in [4.78, 5) is 2.82. The summed E-state index contributed by atoms with van der Waals surface area (Å²) in [5, 5.41) is -0.730. The molecule has 4 rings (SSSR count). The third-order valence-corrected chi connectivity index (χ3v) is 7.97. The van der Waals surface area contributed by atoms with Gasteiger partial charge in [-0.05, 0) is 42.0 Å². The SMILES string of the molecule is O=S(=O)(NCc1ccncc1)c1cn(S(=O)(=O)c2ccccc2)c2cccc(C(F)(F)F)c12. The van der Waals surface area contributed by atoms with Crippen molar-refractivity contribution >= 4 is 30.9 Å². The summed E-state index contributed by atoms with van der Waals surface area (Å²) >= 11 is 0. The van der Waals surface area contributed by atoms with Crippen molar-refractivity contribution < 1.29 is 30.0 Å². The fraction of sp³-hybridized carbons (Fsp3) is 0.0952. The van der Waals surface area contributed by atoms with Crippen molar-refractivity contribution in [3.05, 3.63) is 90.4 Å². The van der Waals surface area contributed by atoms with Crippen molar-refractivity contribution in [2.45, 2.75) is 22.5 Å². The maximum absolute atomic E-state index is 13.8. The van der Waals surface area contributed by atoms with Crippen LogP contribution in [0.3, 0.4) is 0 Å². The average Bonchev–Trinajstić information content (AvgIpc) is 3.20. The lowest BCUT2D eigenvalue weighted by Gasteiger charge is -2.11. The zero-order valence-corrected chi connectivity index (χ0v) is 18.3. The Morgan fingerprint density at radius 3 is 2.18 bits per heavy atom. The van der Waals surface area contributed by atoms with Gasteiger partial charge in [-0.25, -0.2) is 25.5 Å². The topological polar surface area (TPSA) is 98.1 Å². The van der Waals surface area contributed by atoms with E-state index in [1.54, 1.807) is 6.07 Å². The Kier molecular flexibility index (Phi) is 5.76. The first-order valence-electron chi connectivity index (χ1n) is 9.42. The second-order valence-electron chi connectivity index (χ2n) is 6.98. The van der Waals surface area contributed by atoms with Crippen molar-refractivity contribution in [1.29, 1.82) is 0 Å². The average molecular weight is 496 g/mol. The quantitative estimate of drug-likeness (QED) is 0.439. The molecule has 12 heteroatoms. The molecule has 0 aliphatic heterocycles. The highest BCUT2D eigenvalue weighted by atomic mass is 32.2. The lowest BCUT2D eigenvalue weighted by atomic mass is 10.1. The Bertz CT molecular complexity index is 1520. The van der Waals surface area contributed by atoms with E-state index in [0.717, 1.165) is 12.1 Å². The van der Waals surface area contributed by atoms with Crippen LogP contribution in [0.15, 0.2) is 89.0 Å². The van der Waals surface area contributed by atoms with E-state index < -0.39 is 47.6 Å². The predicted molar refractivity (Wildman–Crippen MR) is 114 cm³/mol. The fourth-order valence-electron chi connectivity index (χ4n) is 3.32. The lowest BCUT2D eigenvalue weighted by Crippen LogP contribution is -2.23. The van der Waals surface area contributed by atoms with Crippen LogP contribution < -0.4 is 4.72 Å². The number of sulfonamides is 1. The Morgan fingerprint density at radius 1 is 0.879 bits per heavy atom. The molecule has 0 bridgehead atoms. The summed E-state index contributed by atoms with van der Waals surface area (Å²) in [7, 11) is -8.93. The molecular weight excluding hydrogens is 479 g/mol. The number of fused-ring (bicyclic) bond motifs is 1. The molecule has 0 fully saturated rings. The van der Waals surface area contributed by atoms with Gasteiger partial charge in [0.05, 0.1) is 16.0 Å². The summed E-state index contributed by atoms with van der Waals surface area (Å²) < 4.78 is 96.7.